The van der Waals surface area contributed by atoms with Crippen LogP contribution in [0.3, 0.4) is 0 Å². The van der Waals surface area contributed by atoms with Crippen LogP contribution in [0.25, 0.3) is 6.08 Å². The fourth-order valence-corrected chi connectivity index (χ4v) is 1.76. The summed E-state index contributed by atoms with van der Waals surface area (Å²) in [7, 11) is 0. The summed E-state index contributed by atoms with van der Waals surface area (Å²) in [6, 6.07) is 7.60. The van der Waals surface area contributed by atoms with Crippen LogP contribution in [0.1, 0.15) is 25.8 Å². The lowest BCUT2D eigenvalue weighted by molar-refractivity contribution is -0.150. The number of esters is 1. The van der Waals surface area contributed by atoms with Crippen LogP contribution in [-0.2, 0) is 19.1 Å². The van der Waals surface area contributed by atoms with Gasteiger partial charge in [-0.1, -0.05) is 37.3 Å². The fraction of sp³-hybridized carbons (Fsp3) is 0.333. The van der Waals surface area contributed by atoms with Crippen molar-refractivity contribution in [2.45, 2.75) is 26.3 Å². The Morgan fingerprint density at radius 1 is 1.15 bits per heavy atom. The van der Waals surface area contributed by atoms with Gasteiger partial charge in [0.2, 0.25) is 5.91 Å². The number of carbonyl (C=O) groups excluding carboxylic acids is 4. The summed E-state index contributed by atoms with van der Waals surface area (Å²) >= 11 is 0. The van der Waals surface area contributed by atoms with Crippen molar-refractivity contribution >= 4 is 29.9 Å². The Labute approximate surface area is 152 Å². The topological polar surface area (TPSA) is 114 Å². The predicted octanol–water partition coefficient (Wildman–Crippen LogP) is 0.984. The summed E-state index contributed by atoms with van der Waals surface area (Å²) in [4.78, 5) is 46.3. The van der Waals surface area contributed by atoms with Crippen LogP contribution in [0.4, 0.5) is 4.79 Å². The first-order chi connectivity index (χ1) is 12.4. The smallest absolute Gasteiger partial charge is 0.328 e. The second-order valence-corrected chi connectivity index (χ2v) is 5.39. The number of amides is 4. The highest BCUT2D eigenvalue weighted by molar-refractivity contribution is 5.96. The van der Waals surface area contributed by atoms with Gasteiger partial charge in [0.15, 0.2) is 6.61 Å². The van der Waals surface area contributed by atoms with Crippen LogP contribution in [-0.4, -0.2) is 43.0 Å². The third-order valence-corrected chi connectivity index (χ3v) is 3.07. The maximum absolute atomic E-state index is 11.8. The maximum Gasteiger partial charge on any atom is 0.328 e. The van der Waals surface area contributed by atoms with E-state index < -0.39 is 36.5 Å². The van der Waals surface area contributed by atoms with Gasteiger partial charge in [0.05, 0.1) is 0 Å². The van der Waals surface area contributed by atoms with Gasteiger partial charge in [-0.15, -0.1) is 0 Å². The maximum atomic E-state index is 11.8. The van der Waals surface area contributed by atoms with Gasteiger partial charge in [0.1, 0.15) is 6.04 Å². The molecular weight excluding hydrogens is 338 g/mol. The van der Waals surface area contributed by atoms with E-state index in [-0.39, 0.29) is 0 Å². The molecule has 1 rings (SSSR count). The first-order valence-corrected chi connectivity index (χ1v) is 8.20. The summed E-state index contributed by atoms with van der Waals surface area (Å²) in [6.07, 6.45) is 3.63. The molecule has 4 amide bonds. The molecule has 1 aromatic rings. The number of carbonyl (C=O) groups is 4. The number of hydrogen-bond acceptors (Lipinski definition) is 5. The molecule has 0 spiro atoms. The fourth-order valence-electron chi connectivity index (χ4n) is 1.76. The van der Waals surface area contributed by atoms with E-state index in [4.69, 9.17) is 4.74 Å². The number of imide groups is 1. The molecule has 0 aliphatic carbocycles. The van der Waals surface area contributed by atoms with Gasteiger partial charge >= 0.3 is 12.0 Å². The molecule has 0 saturated heterocycles. The van der Waals surface area contributed by atoms with E-state index in [1.807, 2.05) is 42.6 Å². The number of nitrogens with one attached hydrogen (secondary N) is 3. The molecule has 0 aliphatic heterocycles. The van der Waals surface area contributed by atoms with Crippen LogP contribution < -0.4 is 16.0 Å². The Morgan fingerprint density at radius 2 is 1.85 bits per heavy atom. The molecule has 0 fully saturated rings. The number of ether oxygens (including phenoxy) is 1. The standard InChI is InChI=1S/C18H23N3O5/c1-3-11-19-18(25)21-16(23)12-26-17(24)13(2)20-15(22)10-9-14-7-5-4-6-8-14/h4-10,13H,3,11-12H2,1-2H3,(H,20,22)(H2,19,21,23,25)/b10-9+/t13-/m0/s1. The number of urea groups is 1. The zero-order chi connectivity index (χ0) is 19.4. The highest BCUT2D eigenvalue weighted by Crippen LogP contribution is 2.00. The Bertz CT molecular complexity index is 658. The van der Waals surface area contributed by atoms with Gasteiger partial charge in [-0.25, -0.2) is 9.59 Å². The van der Waals surface area contributed by atoms with Gasteiger partial charge in [-0.2, -0.15) is 0 Å². The second kappa shape index (κ2) is 11.4. The van der Waals surface area contributed by atoms with Crippen LogP contribution in [0.5, 0.6) is 0 Å². The Morgan fingerprint density at radius 3 is 2.50 bits per heavy atom. The van der Waals surface area contributed by atoms with E-state index in [2.05, 4.69) is 10.6 Å². The Hall–Kier alpha value is -3.16. The van der Waals surface area contributed by atoms with Crippen LogP contribution in [0.15, 0.2) is 36.4 Å². The van der Waals surface area contributed by atoms with Crippen molar-refractivity contribution in [2.75, 3.05) is 13.2 Å². The Balaban J connectivity index is 2.33. The molecule has 0 saturated carbocycles. The minimum Gasteiger partial charge on any atom is -0.454 e. The van der Waals surface area contributed by atoms with Crippen molar-refractivity contribution in [2.24, 2.45) is 0 Å². The summed E-state index contributed by atoms with van der Waals surface area (Å²) in [5.74, 6) is -2.01. The van der Waals surface area contributed by atoms with Crippen molar-refractivity contribution in [3.05, 3.63) is 42.0 Å². The first kappa shape index (κ1) is 20.9. The molecule has 3 N–H and O–H groups in total. The number of benzene rings is 1. The second-order valence-electron chi connectivity index (χ2n) is 5.39. The lowest BCUT2D eigenvalue weighted by atomic mass is 10.2. The third kappa shape index (κ3) is 8.62. The molecule has 8 heteroatoms. The largest absolute Gasteiger partial charge is 0.454 e. The average molecular weight is 361 g/mol. The van der Waals surface area contributed by atoms with Crippen LogP contribution >= 0.6 is 0 Å². The molecule has 0 unspecified atom stereocenters. The van der Waals surface area contributed by atoms with E-state index in [1.165, 1.54) is 13.0 Å². The lowest BCUT2D eigenvalue weighted by Gasteiger charge is -2.12. The van der Waals surface area contributed by atoms with E-state index in [0.717, 1.165) is 12.0 Å². The van der Waals surface area contributed by atoms with Crippen molar-refractivity contribution in [3.63, 3.8) is 0 Å². The molecule has 8 nitrogen and oxygen atoms in total. The van der Waals surface area contributed by atoms with E-state index in [0.29, 0.717) is 6.54 Å². The molecule has 0 bridgehead atoms. The molecule has 0 aromatic heterocycles. The highest BCUT2D eigenvalue weighted by Gasteiger charge is 2.17. The third-order valence-electron chi connectivity index (χ3n) is 3.07. The van der Waals surface area contributed by atoms with E-state index >= 15 is 0 Å². The van der Waals surface area contributed by atoms with Gasteiger partial charge in [-0.3, -0.25) is 14.9 Å². The lowest BCUT2D eigenvalue weighted by Crippen LogP contribution is -2.43. The first-order valence-electron chi connectivity index (χ1n) is 8.20. The summed E-state index contributed by atoms with van der Waals surface area (Å²) < 4.78 is 4.76. The predicted molar refractivity (Wildman–Crippen MR) is 95.9 cm³/mol. The van der Waals surface area contributed by atoms with Crippen molar-refractivity contribution in [1.82, 2.24) is 16.0 Å². The zero-order valence-corrected chi connectivity index (χ0v) is 14.8. The van der Waals surface area contributed by atoms with Gasteiger partial charge in [0, 0.05) is 12.6 Å². The van der Waals surface area contributed by atoms with Crippen LogP contribution in [0, 0.1) is 0 Å². The van der Waals surface area contributed by atoms with E-state index in [9.17, 15) is 19.2 Å². The monoisotopic (exact) mass is 361 g/mol. The summed E-state index contributed by atoms with van der Waals surface area (Å²) in [6.45, 7) is 3.12. The number of hydrogen-bond donors (Lipinski definition) is 3. The van der Waals surface area contributed by atoms with Gasteiger partial charge in [0.25, 0.3) is 5.91 Å². The molecule has 140 valence electrons. The molecule has 1 aromatic carbocycles. The Kier molecular flexibility index (Phi) is 9.16. The molecular formula is C18H23N3O5. The molecule has 26 heavy (non-hydrogen) atoms. The van der Waals surface area contributed by atoms with Crippen molar-refractivity contribution in [3.8, 4) is 0 Å². The number of rotatable bonds is 8. The van der Waals surface area contributed by atoms with E-state index in [1.54, 1.807) is 6.08 Å². The minimum atomic E-state index is -0.940. The quantitative estimate of drug-likeness (QED) is 0.472. The van der Waals surface area contributed by atoms with Crippen molar-refractivity contribution < 1.29 is 23.9 Å². The molecule has 0 aliphatic rings. The van der Waals surface area contributed by atoms with Gasteiger partial charge in [-0.05, 0) is 25.0 Å². The normalized spacial score (nSPS) is 11.5. The zero-order valence-electron chi connectivity index (χ0n) is 14.8. The minimum absolute atomic E-state index is 0.429. The highest BCUT2D eigenvalue weighted by atomic mass is 16.5. The summed E-state index contributed by atoms with van der Waals surface area (Å²) in [5, 5.41) is 6.91. The average Bonchev–Trinajstić information content (AvgIpc) is 2.63. The SMILES string of the molecule is CCCNC(=O)NC(=O)COC(=O)[C@H](C)NC(=O)/C=C/c1ccccc1. The summed E-state index contributed by atoms with van der Waals surface area (Å²) in [5.41, 5.74) is 0.843. The van der Waals surface area contributed by atoms with Gasteiger partial charge < -0.3 is 15.4 Å². The molecule has 0 heterocycles. The van der Waals surface area contributed by atoms with Crippen molar-refractivity contribution in [1.29, 1.82) is 0 Å². The molecule has 1 atom stereocenters. The molecule has 0 radical (unpaired) electrons. The van der Waals surface area contributed by atoms with Crippen LogP contribution in [0.2, 0.25) is 0 Å².